The SMILES string of the molecule is CCCn1nccc1CNc1ccc(O)c(Cl)c1. The fraction of sp³-hybridized carbons (Fsp3) is 0.308. The molecule has 0 saturated carbocycles. The summed E-state index contributed by atoms with van der Waals surface area (Å²) in [5.41, 5.74) is 2.00. The lowest BCUT2D eigenvalue weighted by Crippen LogP contribution is -2.08. The third kappa shape index (κ3) is 2.96. The van der Waals surface area contributed by atoms with E-state index in [-0.39, 0.29) is 5.75 Å². The average Bonchev–Trinajstić information content (AvgIpc) is 2.79. The molecule has 0 saturated heterocycles. The van der Waals surface area contributed by atoms with E-state index < -0.39 is 0 Å². The van der Waals surface area contributed by atoms with Gasteiger partial charge in [-0.1, -0.05) is 18.5 Å². The van der Waals surface area contributed by atoms with Gasteiger partial charge in [0, 0.05) is 18.4 Å². The minimum absolute atomic E-state index is 0.0956. The predicted octanol–water partition coefficient (Wildman–Crippen LogP) is 3.26. The number of phenolic OH excluding ortho intramolecular Hbond substituents is 1. The molecule has 0 aliphatic rings. The van der Waals surface area contributed by atoms with E-state index in [0.717, 1.165) is 24.3 Å². The van der Waals surface area contributed by atoms with E-state index >= 15 is 0 Å². The first-order valence-corrected chi connectivity index (χ1v) is 6.31. The Labute approximate surface area is 111 Å². The van der Waals surface area contributed by atoms with Crippen LogP contribution in [0.3, 0.4) is 0 Å². The van der Waals surface area contributed by atoms with Crippen LogP contribution >= 0.6 is 11.6 Å². The molecule has 1 aromatic heterocycles. The standard InChI is InChI=1S/C13H16ClN3O/c1-2-7-17-11(5-6-16-17)9-15-10-3-4-13(18)12(14)8-10/h3-6,8,15,18H,2,7,9H2,1H3. The fourth-order valence-corrected chi connectivity index (χ4v) is 1.91. The molecule has 0 spiro atoms. The first kappa shape index (κ1) is 12.8. The molecule has 96 valence electrons. The summed E-state index contributed by atoms with van der Waals surface area (Å²) in [4.78, 5) is 0. The molecule has 2 aromatic rings. The second-order valence-corrected chi connectivity index (χ2v) is 4.47. The highest BCUT2D eigenvalue weighted by Crippen LogP contribution is 2.26. The van der Waals surface area contributed by atoms with E-state index in [0.29, 0.717) is 11.6 Å². The molecule has 0 aliphatic carbocycles. The molecule has 0 aliphatic heterocycles. The first-order valence-electron chi connectivity index (χ1n) is 5.93. The van der Waals surface area contributed by atoms with Crippen molar-refractivity contribution in [2.75, 3.05) is 5.32 Å². The molecular weight excluding hydrogens is 250 g/mol. The number of aromatic hydroxyl groups is 1. The van der Waals surface area contributed by atoms with Gasteiger partial charge in [0.1, 0.15) is 5.75 Å². The molecule has 1 heterocycles. The smallest absolute Gasteiger partial charge is 0.134 e. The maximum Gasteiger partial charge on any atom is 0.134 e. The third-order valence-electron chi connectivity index (χ3n) is 2.66. The molecular formula is C13H16ClN3O. The normalized spacial score (nSPS) is 10.6. The van der Waals surface area contributed by atoms with Gasteiger partial charge in [-0.05, 0) is 30.7 Å². The van der Waals surface area contributed by atoms with Crippen molar-refractivity contribution >= 4 is 17.3 Å². The topological polar surface area (TPSA) is 50.1 Å². The highest BCUT2D eigenvalue weighted by molar-refractivity contribution is 6.32. The number of nitrogens with zero attached hydrogens (tertiary/aromatic N) is 2. The summed E-state index contributed by atoms with van der Waals surface area (Å²) in [7, 11) is 0. The number of rotatable bonds is 5. The van der Waals surface area contributed by atoms with Crippen LogP contribution in [0.15, 0.2) is 30.5 Å². The Bertz CT molecular complexity index is 525. The number of aryl methyl sites for hydroxylation is 1. The van der Waals surface area contributed by atoms with Crippen molar-refractivity contribution in [3.63, 3.8) is 0 Å². The van der Waals surface area contributed by atoms with Crippen LogP contribution in [0.2, 0.25) is 5.02 Å². The van der Waals surface area contributed by atoms with E-state index in [2.05, 4.69) is 17.3 Å². The van der Waals surface area contributed by atoms with Crippen molar-refractivity contribution in [1.82, 2.24) is 9.78 Å². The van der Waals surface area contributed by atoms with Crippen LogP contribution in [0, 0.1) is 0 Å². The average molecular weight is 266 g/mol. The Balaban J connectivity index is 2.02. The van der Waals surface area contributed by atoms with Crippen LogP contribution in [-0.4, -0.2) is 14.9 Å². The lowest BCUT2D eigenvalue weighted by Gasteiger charge is -2.09. The number of benzene rings is 1. The van der Waals surface area contributed by atoms with Crippen molar-refractivity contribution in [1.29, 1.82) is 0 Å². The number of phenols is 1. The first-order chi connectivity index (χ1) is 8.70. The van der Waals surface area contributed by atoms with Crippen molar-refractivity contribution in [3.05, 3.63) is 41.2 Å². The molecule has 0 fully saturated rings. The maximum absolute atomic E-state index is 9.34. The van der Waals surface area contributed by atoms with Crippen LogP contribution in [0.25, 0.3) is 0 Å². The molecule has 5 heteroatoms. The van der Waals surface area contributed by atoms with Crippen LogP contribution in [-0.2, 0) is 13.1 Å². The highest BCUT2D eigenvalue weighted by Gasteiger charge is 2.03. The van der Waals surface area contributed by atoms with Gasteiger partial charge in [0.05, 0.1) is 17.3 Å². The van der Waals surface area contributed by atoms with E-state index in [4.69, 9.17) is 11.6 Å². The van der Waals surface area contributed by atoms with Gasteiger partial charge in [-0.15, -0.1) is 0 Å². The summed E-state index contributed by atoms with van der Waals surface area (Å²) in [6.45, 7) is 3.72. The number of hydrogen-bond donors (Lipinski definition) is 2. The second kappa shape index (κ2) is 5.78. The molecule has 18 heavy (non-hydrogen) atoms. The minimum Gasteiger partial charge on any atom is -0.506 e. The summed E-state index contributed by atoms with van der Waals surface area (Å²) in [6, 6.07) is 7.07. The van der Waals surface area contributed by atoms with E-state index in [9.17, 15) is 5.11 Å². The minimum atomic E-state index is 0.0956. The molecule has 2 rings (SSSR count). The zero-order valence-corrected chi connectivity index (χ0v) is 11.0. The van der Waals surface area contributed by atoms with Crippen LogP contribution in [0.4, 0.5) is 5.69 Å². The molecule has 1 aromatic carbocycles. The molecule has 0 radical (unpaired) electrons. The quantitative estimate of drug-likeness (QED) is 0.816. The van der Waals surface area contributed by atoms with Crippen molar-refractivity contribution in [3.8, 4) is 5.75 Å². The molecule has 2 N–H and O–H groups in total. The lowest BCUT2D eigenvalue weighted by atomic mass is 10.3. The summed E-state index contributed by atoms with van der Waals surface area (Å²) >= 11 is 5.85. The number of nitrogens with one attached hydrogen (secondary N) is 1. The fourth-order valence-electron chi connectivity index (χ4n) is 1.73. The molecule has 0 atom stereocenters. The zero-order chi connectivity index (χ0) is 13.0. The summed E-state index contributed by atoms with van der Waals surface area (Å²) < 4.78 is 1.98. The van der Waals surface area contributed by atoms with Gasteiger partial charge in [-0.2, -0.15) is 5.10 Å². The van der Waals surface area contributed by atoms with E-state index in [1.807, 2.05) is 10.7 Å². The van der Waals surface area contributed by atoms with Gasteiger partial charge in [-0.25, -0.2) is 0 Å². The van der Waals surface area contributed by atoms with E-state index in [1.165, 1.54) is 0 Å². The number of aromatic nitrogens is 2. The van der Waals surface area contributed by atoms with Gasteiger partial charge < -0.3 is 10.4 Å². The Morgan fingerprint density at radius 3 is 2.94 bits per heavy atom. The largest absolute Gasteiger partial charge is 0.506 e. The highest BCUT2D eigenvalue weighted by atomic mass is 35.5. The monoisotopic (exact) mass is 265 g/mol. The number of hydrogen-bond acceptors (Lipinski definition) is 3. The molecule has 0 amide bonds. The number of anilines is 1. The van der Waals surface area contributed by atoms with E-state index in [1.54, 1.807) is 24.4 Å². The van der Waals surface area contributed by atoms with Crippen molar-refractivity contribution < 1.29 is 5.11 Å². The van der Waals surface area contributed by atoms with Crippen LogP contribution in [0.1, 0.15) is 19.0 Å². The van der Waals surface area contributed by atoms with Gasteiger partial charge in [0.15, 0.2) is 0 Å². The zero-order valence-electron chi connectivity index (χ0n) is 10.2. The summed E-state index contributed by atoms with van der Waals surface area (Å²) in [5.74, 6) is 0.0956. The lowest BCUT2D eigenvalue weighted by molar-refractivity contribution is 0.475. The number of halogens is 1. The Kier molecular flexibility index (Phi) is 4.10. The molecule has 0 unspecified atom stereocenters. The Hall–Kier alpha value is -1.68. The van der Waals surface area contributed by atoms with Crippen molar-refractivity contribution in [2.24, 2.45) is 0 Å². The third-order valence-corrected chi connectivity index (χ3v) is 2.96. The van der Waals surface area contributed by atoms with Gasteiger partial charge >= 0.3 is 0 Å². The van der Waals surface area contributed by atoms with Gasteiger partial charge in [-0.3, -0.25) is 4.68 Å². The van der Waals surface area contributed by atoms with Gasteiger partial charge in [0.2, 0.25) is 0 Å². The maximum atomic E-state index is 9.34. The Morgan fingerprint density at radius 2 is 2.22 bits per heavy atom. The Morgan fingerprint density at radius 1 is 1.39 bits per heavy atom. The van der Waals surface area contributed by atoms with Crippen LogP contribution in [0.5, 0.6) is 5.75 Å². The van der Waals surface area contributed by atoms with Crippen molar-refractivity contribution in [2.45, 2.75) is 26.4 Å². The summed E-state index contributed by atoms with van der Waals surface area (Å²) in [5, 5.41) is 17.2. The predicted molar refractivity (Wildman–Crippen MR) is 73.0 cm³/mol. The second-order valence-electron chi connectivity index (χ2n) is 4.07. The van der Waals surface area contributed by atoms with Crippen LogP contribution < -0.4 is 5.32 Å². The summed E-state index contributed by atoms with van der Waals surface area (Å²) in [6.07, 6.45) is 2.86. The molecule has 0 bridgehead atoms. The molecule has 4 nitrogen and oxygen atoms in total. The van der Waals surface area contributed by atoms with Gasteiger partial charge in [0.25, 0.3) is 0 Å².